The van der Waals surface area contributed by atoms with Gasteiger partial charge < -0.3 is 11.1 Å². The van der Waals surface area contributed by atoms with E-state index in [1.807, 2.05) is 0 Å². The van der Waals surface area contributed by atoms with Gasteiger partial charge in [-0.15, -0.1) is 12.4 Å². The van der Waals surface area contributed by atoms with Crippen LogP contribution in [0.1, 0.15) is 25.7 Å². The second-order valence-corrected chi connectivity index (χ2v) is 7.94. The Labute approximate surface area is 141 Å². The van der Waals surface area contributed by atoms with Gasteiger partial charge >= 0.3 is 0 Å². The van der Waals surface area contributed by atoms with Crippen molar-refractivity contribution in [3.05, 3.63) is 29.3 Å². The van der Waals surface area contributed by atoms with Crippen LogP contribution in [0, 0.1) is 0 Å². The molecule has 0 saturated heterocycles. The summed E-state index contributed by atoms with van der Waals surface area (Å²) in [6.45, 7) is 0.0583. The Morgan fingerprint density at radius 1 is 1.23 bits per heavy atom. The first-order valence-corrected chi connectivity index (χ1v) is 8.92. The molecular formula is C14H20Cl2N2O3S. The summed E-state index contributed by atoms with van der Waals surface area (Å²) in [7, 11) is -3.43. The molecule has 0 atom stereocenters. The smallest absolute Gasteiger partial charge is 0.240 e. The maximum Gasteiger partial charge on any atom is 0.240 e. The van der Waals surface area contributed by atoms with E-state index in [1.54, 1.807) is 0 Å². The van der Waals surface area contributed by atoms with Crippen molar-refractivity contribution in [3.8, 4) is 0 Å². The summed E-state index contributed by atoms with van der Waals surface area (Å²) in [5.74, 6) is -0.414. The molecule has 0 aromatic heterocycles. The fourth-order valence-electron chi connectivity index (χ4n) is 2.47. The van der Waals surface area contributed by atoms with Crippen LogP contribution >= 0.6 is 24.0 Å². The van der Waals surface area contributed by atoms with E-state index in [9.17, 15) is 13.2 Å². The van der Waals surface area contributed by atoms with Gasteiger partial charge in [-0.3, -0.25) is 4.79 Å². The molecule has 3 N–H and O–H groups in total. The normalized spacial score (nSPS) is 16.8. The number of nitrogens with two attached hydrogens (primary N) is 1. The first-order chi connectivity index (χ1) is 9.83. The standard InChI is InChI=1S/C14H19ClN2O3S.ClH/c15-11-3-5-12(6-4-11)21(19,20)10-9-17-13(18)14(16)7-1-2-8-14;/h3-6H,1-2,7-10,16H2,(H,17,18);1H. The predicted molar refractivity (Wildman–Crippen MR) is 89.1 cm³/mol. The molecular weight excluding hydrogens is 347 g/mol. The van der Waals surface area contributed by atoms with Crippen molar-refractivity contribution in [2.45, 2.75) is 36.1 Å². The average molecular weight is 367 g/mol. The highest BCUT2D eigenvalue weighted by molar-refractivity contribution is 7.91. The number of hydrogen-bond acceptors (Lipinski definition) is 4. The van der Waals surface area contributed by atoms with Crippen LogP contribution in [0.15, 0.2) is 29.2 Å². The monoisotopic (exact) mass is 366 g/mol. The third-order valence-electron chi connectivity index (χ3n) is 3.78. The molecule has 1 aliphatic rings. The third kappa shape index (κ3) is 4.59. The Bertz CT molecular complexity index is 611. The van der Waals surface area contributed by atoms with Crippen molar-refractivity contribution in [3.63, 3.8) is 0 Å². The summed E-state index contributed by atoms with van der Waals surface area (Å²) < 4.78 is 24.2. The molecule has 2 rings (SSSR count). The number of nitrogens with one attached hydrogen (secondary N) is 1. The van der Waals surface area contributed by atoms with Crippen molar-refractivity contribution in [2.24, 2.45) is 5.73 Å². The molecule has 1 aromatic carbocycles. The second kappa shape index (κ2) is 7.64. The van der Waals surface area contributed by atoms with Crippen molar-refractivity contribution in [1.82, 2.24) is 5.32 Å². The Hall–Kier alpha value is -0.820. The van der Waals surface area contributed by atoms with E-state index in [1.165, 1.54) is 24.3 Å². The first-order valence-electron chi connectivity index (χ1n) is 6.89. The van der Waals surface area contributed by atoms with Gasteiger partial charge in [-0.1, -0.05) is 24.4 Å². The molecule has 1 amide bonds. The van der Waals surface area contributed by atoms with E-state index in [0.29, 0.717) is 17.9 Å². The lowest BCUT2D eigenvalue weighted by Gasteiger charge is -2.22. The maximum atomic E-state index is 12.1. The minimum Gasteiger partial charge on any atom is -0.353 e. The van der Waals surface area contributed by atoms with Crippen molar-refractivity contribution < 1.29 is 13.2 Å². The molecule has 0 spiro atoms. The number of sulfone groups is 1. The summed E-state index contributed by atoms with van der Waals surface area (Å²) in [4.78, 5) is 12.2. The first kappa shape index (κ1) is 19.2. The quantitative estimate of drug-likeness (QED) is 0.832. The van der Waals surface area contributed by atoms with E-state index in [2.05, 4.69) is 5.32 Å². The highest BCUT2D eigenvalue weighted by atomic mass is 35.5. The molecule has 22 heavy (non-hydrogen) atoms. The van der Waals surface area contributed by atoms with Crippen LogP contribution in [-0.2, 0) is 14.6 Å². The zero-order valence-corrected chi connectivity index (χ0v) is 14.4. The fraction of sp³-hybridized carbons (Fsp3) is 0.500. The molecule has 0 radical (unpaired) electrons. The van der Waals surface area contributed by atoms with Gasteiger partial charge in [0.2, 0.25) is 5.91 Å². The van der Waals surface area contributed by atoms with Crippen LogP contribution in [-0.4, -0.2) is 32.2 Å². The molecule has 1 saturated carbocycles. The largest absolute Gasteiger partial charge is 0.353 e. The number of benzene rings is 1. The van der Waals surface area contributed by atoms with Crippen LogP contribution in [0.25, 0.3) is 0 Å². The number of amides is 1. The molecule has 1 fully saturated rings. The van der Waals surface area contributed by atoms with Crippen LogP contribution in [0.3, 0.4) is 0 Å². The Kier molecular flexibility index (Phi) is 6.67. The maximum absolute atomic E-state index is 12.1. The molecule has 5 nitrogen and oxygen atoms in total. The molecule has 0 aliphatic heterocycles. The summed E-state index contributed by atoms with van der Waals surface area (Å²) >= 11 is 5.73. The van der Waals surface area contributed by atoms with Gasteiger partial charge in [0, 0.05) is 11.6 Å². The molecule has 0 heterocycles. The van der Waals surface area contributed by atoms with Crippen molar-refractivity contribution >= 4 is 39.8 Å². The van der Waals surface area contributed by atoms with E-state index in [-0.39, 0.29) is 35.5 Å². The van der Waals surface area contributed by atoms with Gasteiger partial charge in [-0.25, -0.2) is 8.42 Å². The average Bonchev–Trinajstić information content (AvgIpc) is 2.87. The van der Waals surface area contributed by atoms with Gasteiger partial charge in [-0.05, 0) is 37.1 Å². The highest BCUT2D eigenvalue weighted by Crippen LogP contribution is 2.27. The molecule has 8 heteroatoms. The Morgan fingerprint density at radius 3 is 2.32 bits per heavy atom. The number of carbonyl (C=O) groups is 1. The Morgan fingerprint density at radius 2 is 1.77 bits per heavy atom. The molecule has 0 unspecified atom stereocenters. The molecule has 124 valence electrons. The zero-order valence-electron chi connectivity index (χ0n) is 12.0. The Balaban J connectivity index is 0.00000242. The number of rotatable bonds is 5. The van der Waals surface area contributed by atoms with E-state index in [4.69, 9.17) is 17.3 Å². The van der Waals surface area contributed by atoms with E-state index in [0.717, 1.165) is 12.8 Å². The van der Waals surface area contributed by atoms with Gasteiger partial charge in [0.05, 0.1) is 16.2 Å². The molecule has 1 aliphatic carbocycles. The van der Waals surface area contributed by atoms with Crippen LogP contribution in [0.5, 0.6) is 0 Å². The zero-order chi connectivity index (χ0) is 15.5. The highest BCUT2D eigenvalue weighted by Gasteiger charge is 2.36. The number of hydrogen-bond donors (Lipinski definition) is 2. The fourth-order valence-corrected chi connectivity index (χ4v) is 3.75. The summed E-state index contributed by atoms with van der Waals surface area (Å²) in [6.07, 6.45) is 3.19. The van der Waals surface area contributed by atoms with E-state index < -0.39 is 15.4 Å². The molecule has 1 aromatic rings. The van der Waals surface area contributed by atoms with Gasteiger partial charge in [0.25, 0.3) is 0 Å². The van der Waals surface area contributed by atoms with Crippen molar-refractivity contribution in [2.75, 3.05) is 12.3 Å². The van der Waals surface area contributed by atoms with Gasteiger partial charge in [0.15, 0.2) is 9.84 Å². The number of halogens is 2. The van der Waals surface area contributed by atoms with Gasteiger partial charge in [-0.2, -0.15) is 0 Å². The third-order valence-corrected chi connectivity index (χ3v) is 5.76. The van der Waals surface area contributed by atoms with Crippen LogP contribution in [0.2, 0.25) is 5.02 Å². The van der Waals surface area contributed by atoms with Crippen LogP contribution < -0.4 is 11.1 Å². The second-order valence-electron chi connectivity index (χ2n) is 5.39. The lowest BCUT2D eigenvalue weighted by atomic mass is 9.98. The molecule has 0 bridgehead atoms. The minimum absolute atomic E-state index is 0. The summed E-state index contributed by atoms with van der Waals surface area (Å²) in [5, 5.41) is 3.11. The summed E-state index contributed by atoms with van der Waals surface area (Å²) in [6, 6.07) is 5.97. The minimum atomic E-state index is -3.43. The van der Waals surface area contributed by atoms with Crippen molar-refractivity contribution in [1.29, 1.82) is 0 Å². The van der Waals surface area contributed by atoms with Crippen LogP contribution in [0.4, 0.5) is 0 Å². The summed E-state index contributed by atoms with van der Waals surface area (Å²) in [5.41, 5.74) is 5.17. The SMILES string of the molecule is Cl.NC1(C(=O)NCCS(=O)(=O)c2ccc(Cl)cc2)CCCC1. The van der Waals surface area contributed by atoms with Gasteiger partial charge in [0.1, 0.15) is 0 Å². The predicted octanol–water partition coefficient (Wildman–Crippen LogP) is 1.92. The topological polar surface area (TPSA) is 89.3 Å². The van der Waals surface area contributed by atoms with E-state index >= 15 is 0 Å². The lowest BCUT2D eigenvalue weighted by Crippen LogP contribution is -2.52. The number of carbonyl (C=O) groups excluding carboxylic acids is 1. The lowest BCUT2D eigenvalue weighted by molar-refractivity contribution is -0.126.